The van der Waals surface area contributed by atoms with Gasteiger partial charge in [-0.15, -0.1) is 0 Å². The molecule has 5 heteroatoms. The highest BCUT2D eigenvalue weighted by molar-refractivity contribution is 5.43. The molecule has 0 aliphatic carbocycles. The van der Waals surface area contributed by atoms with E-state index in [-0.39, 0.29) is 5.92 Å². The van der Waals surface area contributed by atoms with Gasteiger partial charge in [0.05, 0.1) is 12.7 Å². The zero-order chi connectivity index (χ0) is 17.8. The van der Waals surface area contributed by atoms with Gasteiger partial charge in [0, 0.05) is 41.8 Å². The number of benzene rings is 1. The van der Waals surface area contributed by atoms with E-state index in [1.54, 1.807) is 18.6 Å². The fourth-order valence-corrected chi connectivity index (χ4v) is 3.16. The van der Waals surface area contributed by atoms with Crippen molar-refractivity contribution in [2.24, 2.45) is 5.92 Å². The summed E-state index contributed by atoms with van der Waals surface area (Å²) in [6.45, 7) is 0.918. The van der Waals surface area contributed by atoms with Gasteiger partial charge in [-0.25, -0.2) is 0 Å². The molecule has 132 valence electrons. The minimum atomic E-state index is -0.596. The van der Waals surface area contributed by atoms with Crippen LogP contribution in [0, 0.1) is 5.92 Å². The summed E-state index contributed by atoms with van der Waals surface area (Å²) in [6.07, 6.45) is 7.21. The van der Waals surface area contributed by atoms with E-state index in [2.05, 4.69) is 9.97 Å². The molecule has 3 heterocycles. The Balaban J connectivity index is 1.48. The fourth-order valence-electron chi connectivity index (χ4n) is 3.16. The van der Waals surface area contributed by atoms with Crippen molar-refractivity contribution in [3.05, 3.63) is 83.9 Å². The molecular formula is C21H20N2O3. The molecular weight excluding hydrogens is 328 g/mol. The largest absolute Gasteiger partial charge is 0.493 e. The Labute approximate surface area is 152 Å². The van der Waals surface area contributed by atoms with Crippen LogP contribution in [0.3, 0.4) is 0 Å². The number of hydrogen-bond donors (Lipinski definition) is 1. The third-order valence-electron chi connectivity index (χ3n) is 4.55. The summed E-state index contributed by atoms with van der Waals surface area (Å²) in [5.41, 5.74) is 2.86. The van der Waals surface area contributed by atoms with Gasteiger partial charge in [-0.1, -0.05) is 12.1 Å². The number of nitrogens with zero attached hydrogens (tertiary/aromatic N) is 2. The van der Waals surface area contributed by atoms with Crippen LogP contribution in [-0.4, -0.2) is 21.7 Å². The van der Waals surface area contributed by atoms with Gasteiger partial charge in [-0.05, 0) is 42.3 Å². The number of aliphatic hydroxyl groups is 1. The van der Waals surface area contributed by atoms with Crippen molar-refractivity contribution in [3.63, 3.8) is 0 Å². The van der Waals surface area contributed by atoms with Crippen molar-refractivity contribution >= 4 is 0 Å². The zero-order valence-corrected chi connectivity index (χ0v) is 14.3. The standard InChI is InChI=1S/C21H20N2O3/c24-21-17(9-15-3-1-7-22-11-15)14-26-20-6-5-18(10-19(20)21)25-13-16-4-2-8-23-12-16/h1-8,10-12,17,21,24H,9,13-14H2/t17-,21-/m1/s1. The molecule has 2 atom stereocenters. The average molecular weight is 348 g/mol. The molecule has 0 unspecified atom stereocenters. The van der Waals surface area contributed by atoms with Crippen LogP contribution in [0.4, 0.5) is 0 Å². The highest BCUT2D eigenvalue weighted by Crippen LogP contribution is 2.38. The van der Waals surface area contributed by atoms with Gasteiger partial charge in [0.1, 0.15) is 18.1 Å². The topological polar surface area (TPSA) is 64.5 Å². The van der Waals surface area contributed by atoms with Crippen molar-refractivity contribution in [2.75, 3.05) is 6.61 Å². The molecule has 1 aromatic carbocycles. The SMILES string of the molecule is O[C@H]1c2cc(OCc3cccnc3)ccc2OC[C@H]1Cc1cccnc1. The first kappa shape index (κ1) is 16.5. The third-order valence-corrected chi connectivity index (χ3v) is 4.55. The molecule has 1 aliphatic heterocycles. The van der Waals surface area contributed by atoms with Crippen molar-refractivity contribution in [1.82, 2.24) is 9.97 Å². The summed E-state index contributed by atoms with van der Waals surface area (Å²) in [6, 6.07) is 13.4. The maximum absolute atomic E-state index is 10.8. The van der Waals surface area contributed by atoms with Crippen LogP contribution in [0.1, 0.15) is 22.8 Å². The smallest absolute Gasteiger partial charge is 0.125 e. The molecule has 1 aliphatic rings. The lowest BCUT2D eigenvalue weighted by Crippen LogP contribution is -2.27. The number of rotatable bonds is 5. The summed E-state index contributed by atoms with van der Waals surface area (Å²) in [4.78, 5) is 8.22. The molecule has 2 aromatic heterocycles. The maximum atomic E-state index is 10.8. The monoisotopic (exact) mass is 348 g/mol. The quantitative estimate of drug-likeness (QED) is 0.766. The van der Waals surface area contributed by atoms with Crippen LogP contribution >= 0.6 is 0 Å². The van der Waals surface area contributed by atoms with E-state index in [9.17, 15) is 5.11 Å². The summed E-state index contributed by atoms with van der Waals surface area (Å²) < 4.78 is 11.7. The van der Waals surface area contributed by atoms with Gasteiger partial charge in [-0.3, -0.25) is 9.97 Å². The second-order valence-electron chi connectivity index (χ2n) is 6.43. The summed E-state index contributed by atoms with van der Waals surface area (Å²) in [7, 11) is 0. The minimum Gasteiger partial charge on any atom is -0.493 e. The number of aromatic nitrogens is 2. The van der Waals surface area contributed by atoms with Crippen LogP contribution < -0.4 is 9.47 Å². The van der Waals surface area contributed by atoms with Crippen LogP contribution in [0.25, 0.3) is 0 Å². The lowest BCUT2D eigenvalue weighted by Gasteiger charge is -2.30. The lowest BCUT2D eigenvalue weighted by atomic mass is 9.88. The Morgan fingerprint density at radius 3 is 2.54 bits per heavy atom. The van der Waals surface area contributed by atoms with Crippen molar-refractivity contribution < 1.29 is 14.6 Å². The predicted molar refractivity (Wildman–Crippen MR) is 96.9 cm³/mol. The number of pyridine rings is 2. The van der Waals surface area contributed by atoms with Crippen molar-refractivity contribution in [1.29, 1.82) is 0 Å². The van der Waals surface area contributed by atoms with Gasteiger partial charge in [-0.2, -0.15) is 0 Å². The molecule has 0 bridgehead atoms. The molecule has 4 rings (SSSR count). The van der Waals surface area contributed by atoms with Crippen LogP contribution in [0.5, 0.6) is 11.5 Å². The second kappa shape index (κ2) is 7.54. The van der Waals surface area contributed by atoms with Gasteiger partial charge < -0.3 is 14.6 Å². The highest BCUT2D eigenvalue weighted by atomic mass is 16.5. The zero-order valence-electron chi connectivity index (χ0n) is 14.3. The van der Waals surface area contributed by atoms with Gasteiger partial charge >= 0.3 is 0 Å². The van der Waals surface area contributed by atoms with Gasteiger partial charge in [0.15, 0.2) is 0 Å². The Morgan fingerprint density at radius 1 is 1.04 bits per heavy atom. The molecule has 5 nitrogen and oxygen atoms in total. The average Bonchev–Trinajstić information content (AvgIpc) is 2.70. The fraction of sp³-hybridized carbons (Fsp3) is 0.238. The number of fused-ring (bicyclic) bond motifs is 1. The Kier molecular flexibility index (Phi) is 4.80. The molecule has 0 spiro atoms. The Morgan fingerprint density at radius 2 is 1.81 bits per heavy atom. The van der Waals surface area contributed by atoms with E-state index in [0.717, 1.165) is 23.1 Å². The molecule has 0 amide bonds. The summed E-state index contributed by atoms with van der Waals surface area (Å²) in [5.74, 6) is 1.41. The molecule has 3 aromatic rings. The van der Waals surface area contributed by atoms with Crippen LogP contribution in [0.2, 0.25) is 0 Å². The molecule has 0 radical (unpaired) electrons. The number of ether oxygens (including phenoxy) is 2. The second-order valence-corrected chi connectivity index (χ2v) is 6.43. The van der Waals surface area contributed by atoms with Crippen molar-refractivity contribution in [2.45, 2.75) is 19.1 Å². The Bertz CT molecular complexity index is 856. The number of aliphatic hydroxyl groups excluding tert-OH is 1. The first-order valence-electron chi connectivity index (χ1n) is 8.65. The minimum absolute atomic E-state index is 0.0136. The molecule has 26 heavy (non-hydrogen) atoms. The first-order chi connectivity index (χ1) is 12.8. The normalized spacial score (nSPS) is 18.7. The van der Waals surface area contributed by atoms with Gasteiger partial charge in [0.25, 0.3) is 0 Å². The third kappa shape index (κ3) is 3.68. The van der Waals surface area contributed by atoms with E-state index < -0.39 is 6.10 Å². The summed E-state index contributed by atoms with van der Waals surface area (Å²) >= 11 is 0. The van der Waals surface area contributed by atoms with E-state index >= 15 is 0 Å². The molecule has 0 fully saturated rings. The lowest BCUT2D eigenvalue weighted by molar-refractivity contribution is 0.0504. The molecule has 1 N–H and O–H groups in total. The summed E-state index contributed by atoms with van der Waals surface area (Å²) in [5, 5.41) is 10.8. The number of hydrogen-bond acceptors (Lipinski definition) is 5. The van der Waals surface area contributed by atoms with E-state index in [0.29, 0.717) is 24.7 Å². The predicted octanol–water partition coefficient (Wildman–Crippen LogP) is 3.34. The van der Waals surface area contributed by atoms with Crippen LogP contribution in [-0.2, 0) is 13.0 Å². The molecule has 0 saturated carbocycles. The first-order valence-corrected chi connectivity index (χ1v) is 8.65. The molecule has 0 saturated heterocycles. The van der Waals surface area contributed by atoms with Crippen molar-refractivity contribution in [3.8, 4) is 11.5 Å². The van der Waals surface area contributed by atoms with Gasteiger partial charge in [0.2, 0.25) is 0 Å². The Hall–Kier alpha value is -2.92. The van der Waals surface area contributed by atoms with E-state index in [1.165, 1.54) is 0 Å². The van der Waals surface area contributed by atoms with E-state index in [1.807, 2.05) is 48.7 Å². The van der Waals surface area contributed by atoms with Crippen LogP contribution in [0.15, 0.2) is 67.3 Å². The maximum Gasteiger partial charge on any atom is 0.125 e. The van der Waals surface area contributed by atoms with E-state index in [4.69, 9.17) is 9.47 Å². The highest BCUT2D eigenvalue weighted by Gasteiger charge is 2.30.